The largest absolute Gasteiger partial charge is 0.573 e. The van der Waals surface area contributed by atoms with E-state index < -0.39 is 6.36 Å². The van der Waals surface area contributed by atoms with E-state index >= 15 is 0 Å². The lowest BCUT2D eigenvalue weighted by molar-refractivity contribution is -0.274. The minimum Gasteiger partial charge on any atom is -0.406 e. The summed E-state index contributed by atoms with van der Waals surface area (Å²) in [6.45, 7) is 0. The first-order valence-corrected chi connectivity index (χ1v) is 9.33. The average Bonchev–Trinajstić information content (AvgIpc) is 3.19. The van der Waals surface area contributed by atoms with Gasteiger partial charge in [0.1, 0.15) is 5.75 Å². The van der Waals surface area contributed by atoms with Gasteiger partial charge in [0.25, 0.3) is 5.91 Å². The summed E-state index contributed by atoms with van der Waals surface area (Å²) in [5, 5.41) is 9.60. The molecule has 1 aliphatic heterocycles. The maximum absolute atomic E-state index is 12.4. The molecule has 2 aromatic carbocycles. The number of hydrogen-bond donors (Lipinski definition) is 3. The number of aromatic nitrogens is 1. The number of fused-ring (bicyclic) bond motifs is 2. The Balaban J connectivity index is 1.53. The average molecular weight is 423 g/mol. The van der Waals surface area contributed by atoms with Crippen molar-refractivity contribution in [1.82, 2.24) is 10.3 Å². The summed E-state index contributed by atoms with van der Waals surface area (Å²) in [6.07, 6.45) is -5.08. The van der Waals surface area contributed by atoms with Crippen LogP contribution >= 0.6 is 11.3 Å². The van der Waals surface area contributed by atoms with Crippen molar-refractivity contribution in [2.45, 2.75) is 12.7 Å². The Hall–Kier alpha value is -3.21. The molecule has 11 heteroatoms. The topological polar surface area (TPSA) is 78.5 Å². The van der Waals surface area contributed by atoms with Crippen LogP contribution in [-0.4, -0.2) is 37.6 Å². The molecule has 3 aromatic rings. The van der Waals surface area contributed by atoms with E-state index in [-0.39, 0.29) is 17.9 Å². The molecular formula is C18H16F3N5O2S. The van der Waals surface area contributed by atoms with E-state index in [9.17, 15) is 18.0 Å². The van der Waals surface area contributed by atoms with Crippen molar-refractivity contribution in [3.8, 4) is 5.75 Å². The lowest BCUT2D eigenvalue weighted by Gasteiger charge is -2.22. The van der Waals surface area contributed by atoms with Crippen LogP contribution in [0.15, 0.2) is 36.4 Å². The van der Waals surface area contributed by atoms with Crippen LogP contribution in [0.1, 0.15) is 10.4 Å². The van der Waals surface area contributed by atoms with Crippen LogP contribution < -0.4 is 25.6 Å². The first kappa shape index (κ1) is 19.1. The summed E-state index contributed by atoms with van der Waals surface area (Å²) < 4.78 is 41.7. The van der Waals surface area contributed by atoms with Crippen molar-refractivity contribution in [1.29, 1.82) is 0 Å². The van der Waals surface area contributed by atoms with Crippen LogP contribution in [0.25, 0.3) is 10.2 Å². The number of thiazole rings is 1. The number of rotatable bonds is 4. The fraction of sp³-hybridized carbons (Fsp3) is 0.222. The van der Waals surface area contributed by atoms with Gasteiger partial charge in [-0.15, -0.1) is 13.2 Å². The summed E-state index contributed by atoms with van der Waals surface area (Å²) in [4.78, 5) is 18.2. The number of anilines is 3. The molecule has 3 N–H and O–H groups in total. The standard InChI is InChI=1S/C18H16F3N5O2S/c1-22-15(27)9-3-6-13-12(7-9)23-16(26(13)2)25-17-24-11-5-4-10(8-14(11)29-17)28-18(19,20)21/h3-8,16,23H,1-2H3,(H,22,27)(H,24,25). The molecular weight excluding hydrogens is 407 g/mol. The van der Waals surface area contributed by atoms with Gasteiger partial charge in [-0.2, -0.15) is 0 Å². The highest BCUT2D eigenvalue weighted by molar-refractivity contribution is 7.22. The molecule has 0 fully saturated rings. The van der Waals surface area contributed by atoms with Gasteiger partial charge in [-0.25, -0.2) is 4.98 Å². The number of nitrogens with one attached hydrogen (secondary N) is 3. The van der Waals surface area contributed by atoms with E-state index in [1.807, 2.05) is 18.0 Å². The second-order valence-electron chi connectivity index (χ2n) is 6.31. The Morgan fingerprint density at radius 3 is 2.79 bits per heavy atom. The summed E-state index contributed by atoms with van der Waals surface area (Å²) in [5.74, 6) is -0.470. The monoisotopic (exact) mass is 423 g/mol. The van der Waals surface area contributed by atoms with E-state index in [1.165, 1.54) is 29.5 Å². The third-order valence-corrected chi connectivity index (χ3v) is 5.35. The van der Waals surface area contributed by atoms with Crippen molar-refractivity contribution in [2.75, 3.05) is 29.6 Å². The van der Waals surface area contributed by atoms with Crippen LogP contribution in [0.2, 0.25) is 0 Å². The van der Waals surface area contributed by atoms with Gasteiger partial charge in [0.15, 0.2) is 11.4 Å². The van der Waals surface area contributed by atoms with Gasteiger partial charge >= 0.3 is 6.36 Å². The third kappa shape index (κ3) is 3.86. The Morgan fingerprint density at radius 2 is 2.07 bits per heavy atom. The Bertz CT molecular complexity index is 1090. The molecule has 29 heavy (non-hydrogen) atoms. The van der Waals surface area contributed by atoms with Gasteiger partial charge in [0.05, 0.1) is 21.6 Å². The quantitative estimate of drug-likeness (QED) is 0.592. The van der Waals surface area contributed by atoms with Crippen LogP contribution in [0.5, 0.6) is 5.75 Å². The Kier molecular flexibility index (Phi) is 4.61. The van der Waals surface area contributed by atoms with Crippen molar-refractivity contribution in [3.05, 3.63) is 42.0 Å². The molecule has 1 aromatic heterocycles. The molecule has 0 aliphatic carbocycles. The van der Waals surface area contributed by atoms with Gasteiger partial charge in [0.2, 0.25) is 0 Å². The predicted molar refractivity (Wildman–Crippen MR) is 106 cm³/mol. The molecule has 2 heterocycles. The number of hydrogen-bond acceptors (Lipinski definition) is 7. The molecule has 0 saturated heterocycles. The zero-order valence-electron chi connectivity index (χ0n) is 15.3. The molecule has 7 nitrogen and oxygen atoms in total. The van der Waals surface area contributed by atoms with Crippen molar-refractivity contribution >= 4 is 44.0 Å². The van der Waals surface area contributed by atoms with E-state index in [0.717, 1.165) is 11.4 Å². The lowest BCUT2D eigenvalue weighted by atomic mass is 10.1. The highest BCUT2D eigenvalue weighted by atomic mass is 32.1. The highest BCUT2D eigenvalue weighted by Crippen LogP contribution is 2.36. The zero-order chi connectivity index (χ0) is 20.8. The highest BCUT2D eigenvalue weighted by Gasteiger charge is 2.31. The normalized spacial score (nSPS) is 15.8. The van der Waals surface area contributed by atoms with E-state index in [0.29, 0.717) is 20.9 Å². The minimum absolute atomic E-state index is 0.184. The van der Waals surface area contributed by atoms with Crippen LogP contribution in [0.3, 0.4) is 0 Å². The smallest absolute Gasteiger partial charge is 0.406 e. The maximum Gasteiger partial charge on any atom is 0.573 e. The molecule has 1 unspecified atom stereocenters. The SMILES string of the molecule is CNC(=O)c1ccc2c(c1)NC(Nc1nc3ccc(OC(F)(F)F)cc3s1)N2C. The molecule has 152 valence electrons. The first-order valence-electron chi connectivity index (χ1n) is 8.52. The second-order valence-corrected chi connectivity index (χ2v) is 7.34. The Morgan fingerprint density at radius 1 is 1.28 bits per heavy atom. The third-order valence-electron chi connectivity index (χ3n) is 4.40. The van der Waals surface area contributed by atoms with Crippen LogP contribution in [0, 0.1) is 0 Å². The second kappa shape index (κ2) is 6.99. The number of benzene rings is 2. The van der Waals surface area contributed by atoms with Gasteiger partial charge < -0.3 is 25.6 Å². The van der Waals surface area contributed by atoms with E-state index in [2.05, 4.69) is 25.7 Å². The summed E-state index contributed by atoms with van der Waals surface area (Å²) in [5.41, 5.74) is 2.78. The van der Waals surface area contributed by atoms with E-state index in [1.54, 1.807) is 19.2 Å². The lowest BCUT2D eigenvalue weighted by Crippen LogP contribution is -2.39. The van der Waals surface area contributed by atoms with Gasteiger partial charge in [-0.3, -0.25) is 4.79 Å². The number of carbonyl (C=O) groups is 1. The number of nitrogens with zero attached hydrogens (tertiary/aromatic N) is 2. The van der Waals surface area contributed by atoms with Gasteiger partial charge in [0, 0.05) is 25.7 Å². The van der Waals surface area contributed by atoms with Gasteiger partial charge in [-0.05, 0) is 30.3 Å². The number of amides is 1. The molecule has 0 spiro atoms. The molecule has 0 bridgehead atoms. The molecule has 1 amide bonds. The number of ether oxygens (including phenoxy) is 1. The van der Waals surface area contributed by atoms with Crippen molar-refractivity contribution in [3.63, 3.8) is 0 Å². The summed E-state index contributed by atoms with van der Waals surface area (Å²) >= 11 is 1.22. The number of alkyl halides is 3. The molecule has 1 aliphatic rings. The van der Waals surface area contributed by atoms with Crippen molar-refractivity contribution in [2.24, 2.45) is 0 Å². The summed E-state index contributed by atoms with van der Waals surface area (Å²) in [6, 6.07) is 9.35. The minimum atomic E-state index is -4.74. The predicted octanol–water partition coefficient (Wildman–Crippen LogP) is 3.81. The van der Waals surface area contributed by atoms with Crippen LogP contribution in [0.4, 0.5) is 29.7 Å². The van der Waals surface area contributed by atoms with Gasteiger partial charge in [-0.1, -0.05) is 11.3 Å². The van der Waals surface area contributed by atoms with Crippen molar-refractivity contribution < 1.29 is 22.7 Å². The Labute approximate surface area is 167 Å². The molecule has 4 rings (SSSR count). The summed E-state index contributed by atoms with van der Waals surface area (Å²) in [7, 11) is 3.44. The van der Waals surface area contributed by atoms with E-state index in [4.69, 9.17) is 0 Å². The first-order chi connectivity index (χ1) is 13.7. The zero-order valence-corrected chi connectivity index (χ0v) is 16.1. The molecule has 0 saturated carbocycles. The maximum atomic E-state index is 12.4. The number of carbonyl (C=O) groups excluding carboxylic acids is 1. The number of halogens is 3. The molecule has 0 radical (unpaired) electrons. The fourth-order valence-corrected chi connectivity index (χ4v) is 3.96. The molecule has 1 atom stereocenters. The fourth-order valence-electron chi connectivity index (χ4n) is 3.04. The van der Waals surface area contributed by atoms with Crippen LogP contribution in [-0.2, 0) is 0 Å².